The van der Waals surface area contributed by atoms with Crippen molar-refractivity contribution in [1.82, 2.24) is 0 Å². The maximum absolute atomic E-state index is 11.4. The highest BCUT2D eigenvalue weighted by Gasteiger charge is 2.29. The summed E-state index contributed by atoms with van der Waals surface area (Å²) >= 11 is 0. The van der Waals surface area contributed by atoms with E-state index in [4.69, 9.17) is 5.73 Å². The Balaban J connectivity index is 2.36. The summed E-state index contributed by atoms with van der Waals surface area (Å²) in [6, 6.07) is 7.40. The Morgan fingerprint density at radius 2 is 2.14 bits per heavy atom. The molecule has 1 aliphatic heterocycles. The number of rotatable bonds is 1. The molecular formula is C10H10N2O2. The molecule has 2 rings (SSSR count). The van der Waals surface area contributed by atoms with Gasteiger partial charge in [-0.25, -0.2) is 0 Å². The van der Waals surface area contributed by atoms with E-state index in [1.54, 1.807) is 0 Å². The minimum Gasteiger partial charge on any atom is -0.369 e. The standard InChI is InChI=1S/C10H10N2O2/c11-9(13)7-5-6-3-1-2-4-8(6)12-10(7)14/h1-4,7H,5H2,(H2,11,13)(H,12,14)/t7-/m0/s1. The molecule has 1 atom stereocenters. The second kappa shape index (κ2) is 3.14. The molecule has 1 aromatic carbocycles. The first-order chi connectivity index (χ1) is 6.68. The molecule has 0 aromatic heterocycles. The predicted molar refractivity (Wildman–Crippen MR) is 51.5 cm³/mol. The smallest absolute Gasteiger partial charge is 0.237 e. The molecule has 14 heavy (non-hydrogen) atoms. The number of fused-ring (bicyclic) bond motifs is 1. The highest BCUT2D eigenvalue weighted by Crippen LogP contribution is 2.24. The van der Waals surface area contributed by atoms with Crippen molar-refractivity contribution in [3.8, 4) is 0 Å². The Hall–Kier alpha value is -1.84. The summed E-state index contributed by atoms with van der Waals surface area (Å²) in [7, 11) is 0. The van der Waals surface area contributed by atoms with Crippen molar-refractivity contribution in [1.29, 1.82) is 0 Å². The lowest BCUT2D eigenvalue weighted by Gasteiger charge is -2.21. The molecule has 1 heterocycles. The maximum Gasteiger partial charge on any atom is 0.237 e. The fourth-order valence-corrected chi connectivity index (χ4v) is 1.58. The first kappa shape index (κ1) is 8.74. The predicted octanol–water partition coefficient (Wildman–Crippen LogP) is 0.283. The number of hydrogen-bond donors (Lipinski definition) is 2. The number of primary amides is 1. The Kier molecular flexibility index (Phi) is 1.96. The molecule has 0 saturated heterocycles. The van der Waals surface area contributed by atoms with Crippen LogP contribution in [0.5, 0.6) is 0 Å². The van der Waals surface area contributed by atoms with E-state index < -0.39 is 11.8 Å². The first-order valence-corrected chi connectivity index (χ1v) is 4.36. The zero-order valence-corrected chi connectivity index (χ0v) is 7.49. The fourth-order valence-electron chi connectivity index (χ4n) is 1.58. The minimum absolute atomic E-state index is 0.309. The Morgan fingerprint density at radius 3 is 2.86 bits per heavy atom. The third kappa shape index (κ3) is 1.35. The molecule has 1 aliphatic rings. The number of para-hydroxylation sites is 1. The molecule has 0 spiro atoms. The van der Waals surface area contributed by atoms with Gasteiger partial charge < -0.3 is 11.1 Å². The van der Waals surface area contributed by atoms with Gasteiger partial charge in [0.2, 0.25) is 11.8 Å². The van der Waals surface area contributed by atoms with Gasteiger partial charge in [-0.1, -0.05) is 18.2 Å². The zero-order valence-electron chi connectivity index (χ0n) is 7.49. The topological polar surface area (TPSA) is 72.2 Å². The van der Waals surface area contributed by atoms with E-state index in [1.807, 2.05) is 24.3 Å². The molecule has 2 amide bonds. The summed E-state index contributed by atoms with van der Waals surface area (Å²) in [5, 5.41) is 2.65. The van der Waals surface area contributed by atoms with Crippen LogP contribution in [0.2, 0.25) is 0 Å². The molecule has 0 radical (unpaired) electrons. The van der Waals surface area contributed by atoms with Crippen LogP contribution in [0.1, 0.15) is 5.56 Å². The van der Waals surface area contributed by atoms with E-state index in [1.165, 1.54) is 0 Å². The SMILES string of the molecule is NC(=O)[C@@H]1Cc2ccccc2NC1=O. The van der Waals surface area contributed by atoms with Crippen LogP contribution < -0.4 is 11.1 Å². The monoisotopic (exact) mass is 190 g/mol. The van der Waals surface area contributed by atoms with E-state index in [9.17, 15) is 9.59 Å². The van der Waals surface area contributed by atoms with Crippen molar-refractivity contribution < 1.29 is 9.59 Å². The van der Waals surface area contributed by atoms with Crippen LogP contribution in [-0.4, -0.2) is 11.8 Å². The lowest BCUT2D eigenvalue weighted by molar-refractivity contribution is -0.130. The third-order valence-corrected chi connectivity index (χ3v) is 2.36. The van der Waals surface area contributed by atoms with Crippen molar-refractivity contribution in [2.24, 2.45) is 11.7 Å². The van der Waals surface area contributed by atoms with Gasteiger partial charge in [0, 0.05) is 5.69 Å². The van der Waals surface area contributed by atoms with Crippen molar-refractivity contribution >= 4 is 17.5 Å². The maximum atomic E-state index is 11.4. The second-order valence-corrected chi connectivity index (χ2v) is 3.31. The van der Waals surface area contributed by atoms with Crippen molar-refractivity contribution in [2.75, 3.05) is 5.32 Å². The first-order valence-electron chi connectivity index (χ1n) is 4.36. The van der Waals surface area contributed by atoms with Crippen LogP contribution >= 0.6 is 0 Å². The Labute approximate surface area is 81.1 Å². The van der Waals surface area contributed by atoms with E-state index in [0.717, 1.165) is 11.3 Å². The molecule has 0 fully saturated rings. The number of hydrogen-bond acceptors (Lipinski definition) is 2. The van der Waals surface area contributed by atoms with E-state index >= 15 is 0 Å². The van der Waals surface area contributed by atoms with Gasteiger partial charge >= 0.3 is 0 Å². The normalized spacial score (nSPS) is 19.7. The number of amides is 2. The number of nitrogens with one attached hydrogen (secondary N) is 1. The molecule has 0 bridgehead atoms. The third-order valence-electron chi connectivity index (χ3n) is 2.36. The van der Waals surface area contributed by atoms with Gasteiger partial charge in [0.1, 0.15) is 5.92 Å². The van der Waals surface area contributed by atoms with Crippen LogP contribution in [0.3, 0.4) is 0 Å². The lowest BCUT2D eigenvalue weighted by Crippen LogP contribution is -2.39. The van der Waals surface area contributed by atoms with Gasteiger partial charge in [0.25, 0.3) is 0 Å². The minimum atomic E-state index is -0.732. The average Bonchev–Trinajstić information content (AvgIpc) is 2.16. The van der Waals surface area contributed by atoms with Crippen LogP contribution in [0, 0.1) is 5.92 Å². The fraction of sp³-hybridized carbons (Fsp3) is 0.200. The average molecular weight is 190 g/mol. The highest BCUT2D eigenvalue weighted by molar-refractivity contribution is 6.08. The molecule has 0 unspecified atom stereocenters. The molecule has 0 saturated carbocycles. The molecule has 4 heteroatoms. The number of nitrogens with two attached hydrogens (primary N) is 1. The molecule has 4 nitrogen and oxygen atoms in total. The highest BCUT2D eigenvalue weighted by atomic mass is 16.2. The number of carbonyl (C=O) groups is 2. The van der Waals surface area contributed by atoms with Gasteiger partial charge in [-0.2, -0.15) is 0 Å². The van der Waals surface area contributed by atoms with Crippen LogP contribution in [-0.2, 0) is 16.0 Å². The van der Waals surface area contributed by atoms with Gasteiger partial charge in [0.15, 0.2) is 0 Å². The van der Waals surface area contributed by atoms with Crippen molar-refractivity contribution in [3.63, 3.8) is 0 Å². The molecule has 3 N–H and O–H groups in total. The Morgan fingerprint density at radius 1 is 1.43 bits per heavy atom. The second-order valence-electron chi connectivity index (χ2n) is 3.31. The number of carbonyl (C=O) groups excluding carboxylic acids is 2. The van der Waals surface area contributed by atoms with Crippen LogP contribution in [0.4, 0.5) is 5.69 Å². The summed E-state index contributed by atoms with van der Waals surface area (Å²) in [4.78, 5) is 22.3. The van der Waals surface area contributed by atoms with Crippen LogP contribution in [0.25, 0.3) is 0 Å². The van der Waals surface area contributed by atoms with E-state index in [-0.39, 0.29) is 5.91 Å². The summed E-state index contributed by atoms with van der Waals surface area (Å²) < 4.78 is 0. The summed E-state index contributed by atoms with van der Waals surface area (Å²) in [5.74, 6) is -1.61. The molecule has 0 aliphatic carbocycles. The van der Waals surface area contributed by atoms with Gasteiger partial charge in [-0.05, 0) is 18.1 Å². The summed E-state index contributed by atoms with van der Waals surface area (Å²) in [6.07, 6.45) is 0.400. The largest absolute Gasteiger partial charge is 0.369 e. The van der Waals surface area contributed by atoms with Gasteiger partial charge in [-0.3, -0.25) is 9.59 Å². The lowest BCUT2D eigenvalue weighted by atomic mass is 9.93. The number of benzene rings is 1. The quantitative estimate of drug-likeness (QED) is 0.624. The van der Waals surface area contributed by atoms with Crippen molar-refractivity contribution in [2.45, 2.75) is 6.42 Å². The van der Waals surface area contributed by atoms with E-state index in [0.29, 0.717) is 6.42 Å². The summed E-state index contributed by atoms with van der Waals surface area (Å²) in [5.41, 5.74) is 6.84. The molecule has 72 valence electrons. The van der Waals surface area contributed by atoms with Crippen LogP contribution in [0.15, 0.2) is 24.3 Å². The molecule has 1 aromatic rings. The van der Waals surface area contributed by atoms with Crippen molar-refractivity contribution in [3.05, 3.63) is 29.8 Å². The zero-order chi connectivity index (χ0) is 10.1. The van der Waals surface area contributed by atoms with E-state index in [2.05, 4.69) is 5.32 Å². The van der Waals surface area contributed by atoms with Gasteiger partial charge in [-0.15, -0.1) is 0 Å². The van der Waals surface area contributed by atoms with Gasteiger partial charge in [0.05, 0.1) is 0 Å². The summed E-state index contributed by atoms with van der Waals surface area (Å²) in [6.45, 7) is 0. The number of anilines is 1. The Bertz CT molecular complexity index is 401. The molecular weight excluding hydrogens is 180 g/mol.